The van der Waals surface area contributed by atoms with Crippen molar-refractivity contribution in [3.63, 3.8) is 0 Å². The second-order valence-electron chi connectivity index (χ2n) is 5.16. The van der Waals surface area contributed by atoms with Crippen LogP contribution in [0.3, 0.4) is 0 Å². The molecule has 138 valence electrons. The summed E-state index contributed by atoms with van der Waals surface area (Å²) < 4.78 is 0. The smallest absolute Gasteiger partial charge is 0.279 e. The SMILES string of the molecule is C=CCNC(=O)C/C(C)=N\NC(=O)Cc1ccc([N+](=O)[O-])cc1[N+](=O)[O-]. The van der Waals surface area contributed by atoms with Crippen molar-refractivity contribution in [1.82, 2.24) is 10.7 Å². The van der Waals surface area contributed by atoms with Crippen LogP contribution in [-0.2, 0) is 16.0 Å². The molecule has 0 unspecified atom stereocenters. The molecule has 0 atom stereocenters. The van der Waals surface area contributed by atoms with E-state index in [1.54, 1.807) is 0 Å². The summed E-state index contributed by atoms with van der Waals surface area (Å²) >= 11 is 0. The predicted octanol–water partition coefficient (Wildman–Crippen LogP) is 1.23. The number of hydrogen-bond acceptors (Lipinski definition) is 7. The van der Waals surface area contributed by atoms with Gasteiger partial charge in [-0.3, -0.25) is 29.8 Å². The number of amides is 2. The van der Waals surface area contributed by atoms with Gasteiger partial charge in [0.05, 0.1) is 28.8 Å². The summed E-state index contributed by atoms with van der Waals surface area (Å²) in [7, 11) is 0. The zero-order valence-electron chi connectivity index (χ0n) is 13.9. The molecule has 2 amide bonds. The number of nitrogens with one attached hydrogen (secondary N) is 2. The Morgan fingerprint density at radius 2 is 1.92 bits per heavy atom. The molecule has 0 aliphatic rings. The number of benzene rings is 1. The summed E-state index contributed by atoms with van der Waals surface area (Å²) in [5, 5.41) is 28.0. The zero-order valence-corrected chi connectivity index (χ0v) is 13.9. The standard InChI is InChI=1S/C15H17N5O6/c1-3-6-16-14(21)7-10(2)17-18-15(22)8-11-4-5-12(19(23)24)9-13(11)20(25)26/h3-5,9H,1,6-8H2,2H3,(H,16,21)(H,18,22)/b17-10-. The van der Waals surface area contributed by atoms with E-state index in [1.165, 1.54) is 13.0 Å². The van der Waals surface area contributed by atoms with Crippen molar-refractivity contribution >= 4 is 28.9 Å². The van der Waals surface area contributed by atoms with Gasteiger partial charge >= 0.3 is 0 Å². The maximum Gasteiger partial charge on any atom is 0.279 e. The van der Waals surface area contributed by atoms with Crippen LogP contribution < -0.4 is 10.7 Å². The predicted molar refractivity (Wildman–Crippen MR) is 92.5 cm³/mol. The highest BCUT2D eigenvalue weighted by molar-refractivity contribution is 6.00. The van der Waals surface area contributed by atoms with Crippen LogP contribution in [0.2, 0.25) is 0 Å². The first-order valence-corrected chi connectivity index (χ1v) is 7.36. The minimum absolute atomic E-state index is 0.00896. The number of nitrogens with zero attached hydrogens (tertiary/aromatic N) is 3. The molecule has 0 heterocycles. The number of carbonyl (C=O) groups excluding carboxylic acids is 2. The maximum atomic E-state index is 11.9. The second kappa shape index (κ2) is 9.61. The molecule has 0 spiro atoms. The number of rotatable bonds is 9. The van der Waals surface area contributed by atoms with Crippen molar-refractivity contribution in [1.29, 1.82) is 0 Å². The Morgan fingerprint density at radius 3 is 2.50 bits per heavy atom. The van der Waals surface area contributed by atoms with Gasteiger partial charge < -0.3 is 5.32 Å². The normalized spacial score (nSPS) is 10.7. The summed E-state index contributed by atoms with van der Waals surface area (Å²) in [6.07, 6.45) is 1.09. The quantitative estimate of drug-likeness (QED) is 0.291. The Morgan fingerprint density at radius 1 is 1.23 bits per heavy atom. The Labute approximate surface area is 148 Å². The molecule has 0 aliphatic carbocycles. The van der Waals surface area contributed by atoms with E-state index in [1.807, 2.05) is 0 Å². The van der Waals surface area contributed by atoms with Crippen LogP contribution in [0.15, 0.2) is 36.0 Å². The van der Waals surface area contributed by atoms with Crippen LogP contribution in [0.1, 0.15) is 18.9 Å². The Bertz CT molecular complexity index is 774. The van der Waals surface area contributed by atoms with E-state index in [0.29, 0.717) is 12.3 Å². The third-order valence-electron chi connectivity index (χ3n) is 3.06. The molecule has 0 saturated carbocycles. The highest BCUT2D eigenvalue weighted by Gasteiger charge is 2.21. The molecule has 0 aromatic heterocycles. The van der Waals surface area contributed by atoms with E-state index in [0.717, 1.165) is 18.2 Å². The van der Waals surface area contributed by atoms with E-state index in [4.69, 9.17) is 0 Å². The molecule has 1 aromatic carbocycles. The highest BCUT2D eigenvalue weighted by atomic mass is 16.6. The van der Waals surface area contributed by atoms with E-state index < -0.39 is 33.5 Å². The first kappa shape index (κ1) is 20.4. The van der Waals surface area contributed by atoms with Gasteiger partial charge in [0.2, 0.25) is 11.8 Å². The third kappa shape index (κ3) is 6.47. The summed E-state index contributed by atoms with van der Waals surface area (Å²) in [6, 6.07) is 3.02. The fraction of sp³-hybridized carbons (Fsp3) is 0.267. The van der Waals surface area contributed by atoms with Crippen molar-refractivity contribution in [3.05, 3.63) is 56.6 Å². The van der Waals surface area contributed by atoms with Crippen LogP contribution in [0.25, 0.3) is 0 Å². The lowest BCUT2D eigenvalue weighted by atomic mass is 10.1. The molecule has 0 saturated heterocycles. The van der Waals surface area contributed by atoms with Gasteiger partial charge in [-0.25, -0.2) is 5.43 Å². The van der Waals surface area contributed by atoms with Crippen LogP contribution in [0.4, 0.5) is 11.4 Å². The molecule has 0 fully saturated rings. The number of carbonyl (C=O) groups is 2. The van der Waals surface area contributed by atoms with Crippen molar-refractivity contribution in [2.24, 2.45) is 5.10 Å². The minimum atomic E-state index is -0.798. The summed E-state index contributed by atoms with van der Waals surface area (Å²) in [6.45, 7) is 5.30. The van der Waals surface area contributed by atoms with E-state index in [2.05, 4.69) is 22.4 Å². The second-order valence-corrected chi connectivity index (χ2v) is 5.16. The first-order chi connectivity index (χ1) is 12.2. The van der Waals surface area contributed by atoms with Crippen LogP contribution >= 0.6 is 0 Å². The molecular formula is C15H17N5O6. The van der Waals surface area contributed by atoms with Crippen molar-refractivity contribution in [3.8, 4) is 0 Å². The van der Waals surface area contributed by atoms with Gasteiger partial charge in [-0.15, -0.1) is 6.58 Å². The number of non-ortho nitro benzene ring substituents is 1. The fourth-order valence-electron chi connectivity index (χ4n) is 1.88. The Balaban J connectivity index is 2.74. The lowest BCUT2D eigenvalue weighted by molar-refractivity contribution is -0.394. The highest BCUT2D eigenvalue weighted by Crippen LogP contribution is 2.24. The molecule has 1 rings (SSSR count). The fourth-order valence-corrected chi connectivity index (χ4v) is 1.88. The lowest BCUT2D eigenvalue weighted by Gasteiger charge is -2.04. The van der Waals surface area contributed by atoms with E-state index >= 15 is 0 Å². The van der Waals surface area contributed by atoms with E-state index in [9.17, 15) is 29.8 Å². The summed E-state index contributed by atoms with van der Waals surface area (Å²) in [4.78, 5) is 43.5. The van der Waals surface area contributed by atoms with Gasteiger partial charge in [0.25, 0.3) is 11.4 Å². The Kier molecular flexibility index (Phi) is 7.55. The van der Waals surface area contributed by atoms with Gasteiger partial charge in [-0.1, -0.05) is 6.08 Å². The van der Waals surface area contributed by atoms with Gasteiger partial charge in [-0.05, 0) is 13.0 Å². The largest absolute Gasteiger partial charge is 0.352 e. The molecular weight excluding hydrogens is 346 g/mol. The van der Waals surface area contributed by atoms with Crippen molar-refractivity contribution < 1.29 is 19.4 Å². The zero-order chi connectivity index (χ0) is 19.7. The van der Waals surface area contributed by atoms with Gasteiger partial charge in [0.15, 0.2) is 0 Å². The van der Waals surface area contributed by atoms with Crippen LogP contribution in [-0.4, -0.2) is 33.9 Å². The first-order valence-electron chi connectivity index (χ1n) is 7.36. The van der Waals surface area contributed by atoms with Crippen molar-refractivity contribution in [2.75, 3.05) is 6.54 Å². The molecule has 0 aliphatic heterocycles. The van der Waals surface area contributed by atoms with Gasteiger partial charge in [0.1, 0.15) is 0 Å². The van der Waals surface area contributed by atoms with Crippen molar-refractivity contribution in [2.45, 2.75) is 19.8 Å². The van der Waals surface area contributed by atoms with Crippen LogP contribution in [0.5, 0.6) is 0 Å². The monoisotopic (exact) mass is 363 g/mol. The van der Waals surface area contributed by atoms with Gasteiger partial charge in [0, 0.05) is 23.9 Å². The molecule has 11 heteroatoms. The molecule has 26 heavy (non-hydrogen) atoms. The number of hydrogen-bond donors (Lipinski definition) is 2. The molecule has 1 aromatic rings. The number of hydrazone groups is 1. The lowest BCUT2D eigenvalue weighted by Crippen LogP contribution is -2.27. The third-order valence-corrected chi connectivity index (χ3v) is 3.06. The molecule has 0 radical (unpaired) electrons. The summed E-state index contributed by atoms with van der Waals surface area (Å²) in [5.74, 6) is -0.959. The van der Waals surface area contributed by atoms with E-state index in [-0.39, 0.29) is 17.9 Å². The minimum Gasteiger partial charge on any atom is -0.352 e. The maximum absolute atomic E-state index is 11.9. The topological polar surface area (TPSA) is 157 Å². The molecule has 0 bridgehead atoms. The molecule has 11 nitrogen and oxygen atoms in total. The molecule has 2 N–H and O–H groups in total. The average Bonchev–Trinajstić information content (AvgIpc) is 2.58. The van der Waals surface area contributed by atoms with Crippen LogP contribution in [0, 0.1) is 20.2 Å². The average molecular weight is 363 g/mol. The number of nitro groups is 2. The summed E-state index contributed by atoms with van der Waals surface area (Å²) in [5.41, 5.74) is 1.56. The Hall–Kier alpha value is -3.63. The number of nitro benzene ring substituents is 2. The van der Waals surface area contributed by atoms with Gasteiger partial charge in [-0.2, -0.15) is 5.10 Å².